The van der Waals surface area contributed by atoms with E-state index in [1.807, 2.05) is 0 Å². The van der Waals surface area contributed by atoms with Crippen molar-refractivity contribution in [2.24, 2.45) is 5.14 Å². The third-order valence-corrected chi connectivity index (χ3v) is 4.32. The van der Waals surface area contributed by atoms with Gasteiger partial charge in [-0.3, -0.25) is 4.79 Å². The van der Waals surface area contributed by atoms with Crippen molar-refractivity contribution in [1.82, 2.24) is 4.98 Å². The van der Waals surface area contributed by atoms with E-state index in [-0.39, 0.29) is 15.0 Å². The van der Waals surface area contributed by atoms with Crippen LogP contribution >= 0.6 is 11.3 Å². The summed E-state index contributed by atoms with van der Waals surface area (Å²) in [6, 6.07) is 8.56. The molecule has 88 valence electrons. The summed E-state index contributed by atoms with van der Waals surface area (Å²) < 4.78 is 21.8. The molecule has 0 saturated carbocycles. The van der Waals surface area contributed by atoms with E-state index in [1.165, 1.54) is 6.20 Å². The van der Waals surface area contributed by atoms with Gasteiger partial charge < -0.3 is 0 Å². The Labute approximate surface area is 102 Å². The van der Waals surface area contributed by atoms with Gasteiger partial charge in [0.1, 0.15) is 0 Å². The second kappa shape index (κ2) is 4.36. The van der Waals surface area contributed by atoms with Gasteiger partial charge in [0, 0.05) is 5.56 Å². The first-order chi connectivity index (χ1) is 7.98. The Balaban J connectivity index is 2.37. The highest BCUT2D eigenvalue weighted by molar-refractivity contribution is 7.91. The van der Waals surface area contributed by atoms with E-state index in [1.54, 1.807) is 30.3 Å². The monoisotopic (exact) mass is 268 g/mol. The third kappa shape index (κ3) is 2.57. The molecule has 2 N–H and O–H groups in total. The molecule has 1 aromatic heterocycles. The molecule has 0 saturated heterocycles. The van der Waals surface area contributed by atoms with Crippen molar-refractivity contribution in [3.63, 3.8) is 0 Å². The maximum Gasteiger partial charge on any atom is 0.265 e. The minimum atomic E-state index is -3.84. The number of carbonyl (C=O) groups is 1. The second-order valence-corrected chi connectivity index (χ2v) is 6.00. The Morgan fingerprint density at radius 2 is 1.88 bits per heavy atom. The predicted octanol–water partition coefficient (Wildman–Crippen LogP) is 1.02. The topological polar surface area (TPSA) is 90.1 Å². The highest BCUT2D eigenvalue weighted by Crippen LogP contribution is 2.19. The van der Waals surface area contributed by atoms with Crippen LogP contribution in [0.3, 0.4) is 0 Å². The van der Waals surface area contributed by atoms with Crippen LogP contribution in [0.5, 0.6) is 0 Å². The summed E-state index contributed by atoms with van der Waals surface area (Å²) in [4.78, 5) is 15.8. The van der Waals surface area contributed by atoms with E-state index in [2.05, 4.69) is 4.98 Å². The summed E-state index contributed by atoms with van der Waals surface area (Å²) in [5.74, 6) is -0.266. The first kappa shape index (κ1) is 11.9. The molecule has 0 atom stereocenters. The van der Waals surface area contributed by atoms with E-state index < -0.39 is 10.0 Å². The maximum atomic E-state index is 11.9. The molecule has 17 heavy (non-hydrogen) atoms. The Morgan fingerprint density at radius 1 is 1.24 bits per heavy atom. The second-order valence-electron chi connectivity index (χ2n) is 3.23. The SMILES string of the molecule is NS(=O)(=O)c1ncc(C(=O)c2ccccc2)s1. The quantitative estimate of drug-likeness (QED) is 0.841. The first-order valence-electron chi connectivity index (χ1n) is 4.57. The minimum absolute atomic E-state index is 0.250. The van der Waals surface area contributed by atoms with Crippen molar-refractivity contribution in [3.05, 3.63) is 47.0 Å². The number of hydrogen-bond acceptors (Lipinski definition) is 5. The normalized spacial score (nSPS) is 11.4. The lowest BCUT2D eigenvalue weighted by molar-refractivity contribution is 0.104. The zero-order valence-corrected chi connectivity index (χ0v) is 10.2. The Kier molecular flexibility index (Phi) is 3.05. The van der Waals surface area contributed by atoms with Crippen LogP contribution in [0, 0.1) is 0 Å². The summed E-state index contributed by atoms with van der Waals surface area (Å²) in [6.07, 6.45) is 1.22. The van der Waals surface area contributed by atoms with Crippen molar-refractivity contribution in [2.45, 2.75) is 4.34 Å². The number of nitrogens with zero attached hydrogens (tertiary/aromatic N) is 1. The smallest absolute Gasteiger partial charge is 0.265 e. The average molecular weight is 268 g/mol. The van der Waals surface area contributed by atoms with Gasteiger partial charge in [-0.25, -0.2) is 18.5 Å². The fourth-order valence-electron chi connectivity index (χ4n) is 1.23. The Morgan fingerprint density at radius 3 is 2.41 bits per heavy atom. The fraction of sp³-hybridized carbons (Fsp3) is 0. The number of nitrogens with two attached hydrogens (primary N) is 1. The van der Waals surface area contributed by atoms with Gasteiger partial charge in [-0.15, -0.1) is 0 Å². The fourth-order valence-corrected chi connectivity index (χ4v) is 2.77. The van der Waals surface area contributed by atoms with Gasteiger partial charge in [0.05, 0.1) is 11.1 Å². The number of rotatable bonds is 3. The van der Waals surface area contributed by atoms with Gasteiger partial charge >= 0.3 is 0 Å². The van der Waals surface area contributed by atoms with E-state index in [9.17, 15) is 13.2 Å². The number of primary sulfonamides is 1. The summed E-state index contributed by atoms with van der Waals surface area (Å²) in [7, 11) is -3.84. The largest absolute Gasteiger partial charge is 0.288 e. The van der Waals surface area contributed by atoms with Crippen LogP contribution in [0.25, 0.3) is 0 Å². The van der Waals surface area contributed by atoms with E-state index in [0.717, 1.165) is 11.3 Å². The number of ketones is 1. The molecule has 0 radical (unpaired) electrons. The Bertz CT molecular complexity index is 647. The number of aromatic nitrogens is 1. The maximum absolute atomic E-state index is 11.9. The molecule has 7 heteroatoms. The van der Waals surface area contributed by atoms with Crippen molar-refractivity contribution < 1.29 is 13.2 Å². The molecule has 1 aromatic carbocycles. The lowest BCUT2D eigenvalue weighted by Gasteiger charge is -1.95. The van der Waals surface area contributed by atoms with Crippen LogP contribution in [0.15, 0.2) is 40.9 Å². The third-order valence-electron chi connectivity index (χ3n) is 1.99. The molecular weight excluding hydrogens is 260 g/mol. The number of thiazole rings is 1. The lowest BCUT2D eigenvalue weighted by atomic mass is 10.1. The highest BCUT2D eigenvalue weighted by atomic mass is 32.2. The minimum Gasteiger partial charge on any atom is -0.288 e. The molecule has 0 aliphatic heterocycles. The Hall–Kier alpha value is -1.57. The predicted molar refractivity (Wildman–Crippen MR) is 63.4 cm³/mol. The molecular formula is C10H8N2O3S2. The van der Waals surface area contributed by atoms with Gasteiger partial charge in [-0.2, -0.15) is 0 Å². The number of carbonyl (C=O) groups excluding carboxylic acids is 1. The van der Waals surface area contributed by atoms with Gasteiger partial charge in [-0.1, -0.05) is 41.7 Å². The van der Waals surface area contributed by atoms with Gasteiger partial charge in [0.25, 0.3) is 10.0 Å². The van der Waals surface area contributed by atoms with Gasteiger partial charge in [-0.05, 0) is 0 Å². The summed E-state index contributed by atoms with van der Waals surface area (Å²) in [5, 5.41) is 4.92. The summed E-state index contributed by atoms with van der Waals surface area (Å²) in [6.45, 7) is 0. The molecule has 5 nitrogen and oxygen atoms in total. The summed E-state index contributed by atoms with van der Waals surface area (Å²) in [5.41, 5.74) is 0.483. The lowest BCUT2D eigenvalue weighted by Crippen LogP contribution is -2.11. The molecule has 0 fully saturated rings. The number of hydrogen-bond donors (Lipinski definition) is 1. The molecule has 2 rings (SSSR count). The van der Waals surface area contributed by atoms with E-state index in [0.29, 0.717) is 5.56 Å². The molecule has 0 unspecified atom stereocenters. The number of sulfonamides is 1. The summed E-state index contributed by atoms with van der Waals surface area (Å²) >= 11 is 0.769. The van der Waals surface area contributed by atoms with E-state index in [4.69, 9.17) is 5.14 Å². The van der Waals surface area contributed by atoms with E-state index >= 15 is 0 Å². The molecule has 0 bridgehead atoms. The van der Waals surface area contributed by atoms with Crippen molar-refractivity contribution in [2.75, 3.05) is 0 Å². The van der Waals surface area contributed by atoms with Gasteiger partial charge in [0.2, 0.25) is 10.1 Å². The van der Waals surface area contributed by atoms with Crippen LogP contribution in [-0.4, -0.2) is 19.2 Å². The van der Waals surface area contributed by atoms with Crippen LogP contribution < -0.4 is 5.14 Å². The standard InChI is InChI=1S/C10H8N2O3S2/c11-17(14,15)10-12-6-8(16-10)9(13)7-4-2-1-3-5-7/h1-6H,(H2,11,14,15). The van der Waals surface area contributed by atoms with Crippen LogP contribution in [0.1, 0.15) is 15.2 Å². The van der Waals surface area contributed by atoms with Crippen molar-refractivity contribution in [3.8, 4) is 0 Å². The average Bonchev–Trinajstić information content (AvgIpc) is 2.78. The molecule has 0 amide bonds. The first-order valence-corrected chi connectivity index (χ1v) is 6.93. The molecule has 0 aliphatic carbocycles. The van der Waals surface area contributed by atoms with Crippen molar-refractivity contribution >= 4 is 27.1 Å². The molecule has 0 spiro atoms. The zero-order chi connectivity index (χ0) is 12.5. The molecule has 0 aliphatic rings. The molecule has 1 heterocycles. The van der Waals surface area contributed by atoms with Crippen molar-refractivity contribution in [1.29, 1.82) is 0 Å². The number of benzene rings is 1. The molecule has 2 aromatic rings. The van der Waals surface area contributed by atoms with Crippen LogP contribution in [-0.2, 0) is 10.0 Å². The zero-order valence-electron chi connectivity index (χ0n) is 8.53. The van der Waals surface area contributed by atoms with Crippen LogP contribution in [0.2, 0.25) is 0 Å². The van der Waals surface area contributed by atoms with Crippen LogP contribution in [0.4, 0.5) is 0 Å². The highest BCUT2D eigenvalue weighted by Gasteiger charge is 2.17. The van der Waals surface area contributed by atoms with Gasteiger partial charge in [0.15, 0.2) is 0 Å².